The molecule has 7 heteroatoms. The van der Waals surface area contributed by atoms with Gasteiger partial charge in [-0.25, -0.2) is 8.42 Å². The van der Waals surface area contributed by atoms with Gasteiger partial charge in [0.05, 0.1) is 25.2 Å². The smallest absolute Gasteiger partial charge is 0.216 e. The van der Waals surface area contributed by atoms with Crippen molar-refractivity contribution in [3.63, 3.8) is 0 Å². The quantitative estimate of drug-likeness (QED) is 0.837. The molecule has 0 spiro atoms. The van der Waals surface area contributed by atoms with E-state index >= 15 is 0 Å². The average molecular weight is 300 g/mol. The summed E-state index contributed by atoms with van der Waals surface area (Å²) in [6, 6.07) is 7.71. The lowest BCUT2D eigenvalue weighted by molar-refractivity contribution is 0.312. The van der Waals surface area contributed by atoms with Crippen LogP contribution in [0.4, 0.5) is 5.69 Å². The van der Waals surface area contributed by atoms with Gasteiger partial charge in [-0.1, -0.05) is 12.1 Å². The van der Waals surface area contributed by atoms with Crippen molar-refractivity contribution in [2.24, 2.45) is 0 Å². The van der Waals surface area contributed by atoms with E-state index in [4.69, 9.17) is 9.84 Å². The number of hydrogen-bond acceptors (Lipinski definition) is 5. The van der Waals surface area contributed by atoms with Gasteiger partial charge in [-0.15, -0.1) is 0 Å². The molecule has 0 aromatic heterocycles. The fourth-order valence-corrected chi connectivity index (χ4v) is 3.55. The van der Waals surface area contributed by atoms with Crippen LogP contribution in [-0.2, 0) is 10.0 Å². The molecule has 2 rings (SSSR count). The Hall–Kier alpha value is -1.31. The number of anilines is 1. The van der Waals surface area contributed by atoms with E-state index in [1.54, 1.807) is 7.11 Å². The monoisotopic (exact) mass is 300 g/mol. The molecule has 1 aromatic rings. The van der Waals surface area contributed by atoms with E-state index in [9.17, 15) is 8.42 Å². The maximum absolute atomic E-state index is 11.9. The van der Waals surface area contributed by atoms with Crippen LogP contribution >= 0.6 is 0 Å². The highest BCUT2D eigenvalue weighted by atomic mass is 32.2. The summed E-state index contributed by atoms with van der Waals surface area (Å²) in [6.07, 6.45) is 0. The second kappa shape index (κ2) is 6.43. The minimum absolute atomic E-state index is 0.207. The normalized spacial score (nSPS) is 17.2. The Bertz CT molecular complexity index is 539. The van der Waals surface area contributed by atoms with Crippen molar-refractivity contribution in [1.82, 2.24) is 4.31 Å². The standard InChI is InChI=1S/C13H20N2O4S/c1-19-13-5-3-2-4-12(13)14-6-8-15(9-7-14)20(17,18)11-10-16/h2-5,16H,6-11H2,1H3. The number of nitrogens with zero attached hydrogens (tertiary/aromatic N) is 2. The molecule has 20 heavy (non-hydrogen) atoms. The number of rotatable bonds is 5. The van der Waals surface area contributed by atoms with Crippen LogP contribution in [-0.4, -0.2) is 63.5 Å². The number of para-hydroxylation sites is 2. The van der Waals surface area contributed by atoms with Crippen molar-refractivity contribution in [2.75, 3.05) is 50.5 Å². The van der Waals surface area contributed by atoms with Gasteiger partial charge >= 0.3 is 0 Å². The summed E-state index contributed by atoms with van der Waals surface area (Å²) in [7, 11) is -1.70. The molecule has 1 N–H and O–H groups in total. The van der Waals surface area contributed by atoms with Crippen molar-refractivity contribution < 1.29 is 18.3 Å². The molecule has 0 atom stereocenters. The summed E-state index contributed by atoms with van der Waals surface area (Å²) in [5, 5.41) is 8.80. The highest BCUT2D eigenvalue weighted by molar-refractivity contribution is 7.89. The Kier molecular flexibility index (Phi) is 4.85. The van der Waals surface area contributed by atoms with Gasteiger partial charge in [0, 0.05) is 26.2 Å². The zero-order valence-corrected chi connectivity index (χ0v) is 12.3. The first kappa shape index (κ1) is 15.1. The molecule has 1 saturated heterocycles. The van der Waals surface area contributed by atoms with Gasteiger partial charge in [0.2, 0.25) is 10.0 Å². The second-order valence-electron chi connectivity index (χ2n) is 4.60. The molecule has 0 radical (unpaired) electrons. The van der Waals surface area contributed by atoms with Gasteiger partial charge in [-0.2, -0.15) is 4.31 Å². The van der Waals surface area contributed by atoms with E-state index in [0.29, 0.717) is 26.2 Å². The Morgan fingerprint density at radius 2 is 1.85 bits per heavy atom. The van der Waals surface area contributed by atoms with E-state index in [1.807, 2.05) is 24.3 Å². The van der Waals surface area contributed by atoms with E-state index in [1.165, 1.54) is 4.31 Å². The van der Waals surface area contributed by atoms with Crippen molar-refractivity contribution in [3.8, 4) is 5.75 Å². The third-order valence-corrected chi connectivity index (χ3v) is 5.26. The van der Waals surface area contributed by atoms with Crippen molar-refractivity contribution in [2.45, 2.75) is 0 Å². The first-order valence-corrected chi connectivity index (χ1v) is 8.16. The second-order valence-corrected chi connectivity index (χ2v) is 6.69. The van der Waals surface area contributed by atoms with Crippen LogP contribution in [0, 0.1) is 0 Å². The highest BCUT2D eigenvalue weighted by Gasteiger charge is 2.27. The van der Waals surface area contributed by atoms with E-state index < -0.39 is 10.0 Å². The fourth-order valence-electron chi connectivity index (χ4n) is 2.34. The van der Waals surface area contributed by atoms with Gasteiger partial charge in [0.15, 0.2) is 0 Å². The fraction of sp³-hybridized carbons (Fsp3) is 0.538. The molecule has 1 aromatic carbocycles. The van der Waals surface area contributed by atoms with Crippen molar-refractivity contribution >= 4 is 15.7 Å². The molecule has 1 fully saturated rings. The van der Waals surface area contributed by atoms with Gasteiger partial charge < -0.3 is 14.7 Å². The number of piperazine rings is 1. The van der Waals surface area contributed by atoms with Crippen LogP contribution < -0.4 is 9.64 Å². The number of ether oxygens (including phenoxy) is 1. The minimum atomic E-state index is -3.33. The van der Waals surface area contributed by atoms with Crippen LogP contribution in [0.15, 0.2) is 24.3 Å². The summed E-state index contributed by atoms with van der Waals surface area (Å²) in [6.45, 7) is 1.76. The van der Waals surface area contributed by atoms with E-state index in [-0.39, 0.29) is 12.4 Å². The molecular formula is C13H20N2O4S. The number of aliphatic hydroxyl groups is 1. The van der Waals surface area contributed by atoms with Gasteiger partial charge in [-0.3, -0.25) is 0 Å². The first-order valence-electron chi connectivity index (χ1n) is 6.55. The van der Waals surface area contributed by atoms with Gasteiger partial charge in [0.1, 0.15) is 5.75 Å². The topological polar surface area (TPSA) is 70.1 Å². The summed E-state index contributed by atoms with van der Waals surface area (Å²) >= 11 is 0. The number of hydrogen-bond donors (Lipinski definition) is 1. The lowest BCUT2D eigenvalue weighted by Gasteiger charge is -2.35. The lowest BCUT2D eigenvalue weighted by atomic mass is 10.2. The molecule has 0 unspecified atom stereocenters. The summed E-state index contributed by atoms with van der Waals surface area (Å²) in [5.41, 5.74) is 0.981. The van der Waals surface area contributed by atoms with Gasteiger partial charge in [0.25, 0.3) is 0 Å². The molecule has 0 amide bonds. The predicted octanol–water partition coefficient (Wildman–Crippen LogP) is 0.139. The minimum Gasteiger partial charge on any atom is -0.495 e. The largest absolute Gasteiger partial charge is 0.495 e. The van der Waals surface area contributed by atoms with Crippen LogP contribution in [0.5, 0.6) is 5.75 Å². The maximum atomic E-state index is 11.9. The maximum Gasteiger partial charge on any atom is 0.216 e. The van der Waals surface area contributed by atoms with Gasteiger partial charge in [-0.05, 0) is 12.1 Å². The molecule has 0 aliphatic carbocycles. The third-order valence-electron chi connectivity index (χ3n) is 3.41. The highest BCUT2D eigenvalue weighted by Crippen LogP contribution is 2.28. The van der Waals surface area contributed by atoms with Crippen molar-refractivity contribution in [1.29, 1.82) is 0 Å². The number of benzene rings is 1. The molecule has 1 aliphatic rings. The lowest BCUT2D eigenvalue weighted by Crippen LogP contribution is -2.49. The number of methoxy groups -OCH3 is 1. The molecule has 112 valence electrons. The van der Waals surface area contributed by atoms with E-state index in [0.717, 1.165) is 11.4 Å². The van der Waals surface area contributed by atoms with E-state index in [2.05, 4.69) is 4.90 Å². The molecule has 0 bridgehead atoms. The molecule has 1 heterocycles. The molecular weight excluding hydrogens is 280 g/mol. The average Bonchev–Trinajstić information content (AvgIpc) is 2.47. The Balaban J connectivity index is 2.05. The SMILES string of the molecule is COc1ccccc1N1CCN(S(=O)(=O)CCO)CC1. The predicted molar refractivity (Wildman–Crippen MR) is 77.7 cm³/mol. The first-order chi connectivity index (χ1) is 9.58. The number of aliphatic hydroxyl groups excluding tert-OH is 1. The number of sulfonamides is 1. The molecule has 0 saturated carbocycles. The van der Waals surface area contributed by atoms with Crippen LogP contribution in [0.1, 0.15) is 0 Å². The van der Waals surface area contributed by atoms with Crippen LogP contribution in [0.2, 0.25) is 0 Å². The van der Waals surface area contributed by atoms with Crippen LogP contribution in [0.3, 0.4) is 0 Å². The Morgan fingerprint density at radius 3 is 2.45 bits per heavy atom. The molecule has 1 aliphatic heterocycles. The molecule has 6 nitrogen and oxygen atoms in total. The third kappa shape index (κ3) is 3.23. The summed E-state index contributed by atoms with van der Waals surface area (Å²) in [5.74, 6) is 0.584. The zero-order valence-electron chi connectivity index (χ0n) is 11.5. The summed E-state index contributed by atoms with van der Waals surface area (Å²) in [4.78, 5) is 2.11. The van der Waals surface area contributed by atoms with Crippen LogP contribution in [0.25, 0.3) is 0 Å². The Labute approximate surface area is 119 Å². The summed E-state index contributed by atoms with van der Waals surface area (Å²) < 4.78 is 30.5. The zero-order chi connectivity index (χ0) is 14.6. The van der Waals surface area contributed by atoms with Crippen molar-refractivity contribution in [3.05, 3.63) is 24.3 Å². The Morgan fingerprint density at radius 1 is 1.20 bits per heavy atom.